The second-order valence-electron chi connectivity index (χ2n) is 5.81. The lowest BCUT2D eigenvalue weighted by molar-refractivity contribution is 0.0949. The maximum absolute atomic E-state index is 12.4. The lowest BCUT2D eigenvalue weighted by atomic mass is 10.0. The van der Waals surface area contributed by atoms with Crippen LogP contribution in [0, 0.1) is 0 Å². The van der Waals surface area contributed by atoms with Crippen LogP contribution in [0.15, 0.2) is 6.20 Å². The Balaban J connectivity index is 2.09. The third-order valence-corrected chi connectivity index (χ3v) is 4.90. The fraction of sp³-hybridized carbons (Fsp3) is 0.714. The number of hydrogen-bond donors (Lipinski definition) is 1. The predicted molar refractivity (Wildman–Crippen MR) is 81.3 cm³/mol. The Kier molecular flexibility index (Phi) is 4.75. The van der Waals surface area contributed by atoms with Crippen LogP contribution in [0.3, 0.4) is 0 Å². The van der Waals surface area contributed by atoms with E-state index in [1.54, 1.807) is 22.6 Å². The first kappa shape index (κ1) is 15.4. The van der Waals surface area contributed by atoms with Crippen molar-refractivity contribution in [1.29, 1.82) is 0 Å². The summed E-state index contributed by atoms with van der Waals surface area (Å²) in [6.07, 6.45) is 4.79. The summed E-state index contributed by atoms with van der Waals surface area (Å²) in [4.78, 5) is 12.4. The highest BCUT2D eigenvalue weighted by molar-refractivity contribution is 7.99. The number of nitrogens with zero attached hydrogens (tertiary/aromatic N) is 2. The summed E-state index contributed by atoms with van der Waals surface area (Å²) in [6, 6.07) is 0. The fourth-order valence-corrected chi connectivity index (χ4v) is 2.41. The molecule has 0 bridgehead atoms. The number of ether oxygens (including phenoxy) is 1. The fourth-order valence-electron chi connectivity index (χ4n) is 2.19. The quantitative estimate of drug-likeness (QED) is 0.900. The predicted octanol–water partition coefficient (Wildman–Crippen LogP) is 1.80. The van der Waals surface area contributed by atoms with Gasteiger partial charge in [0, 0.05) is 37.1 Å². The molecule has 0 aliphatic carbocycles. The van der Waals surface area contributed by atoms with Crippen molar-refractivity contribution < 1.29 is 9.53 Å². The summed E-state index contributed by atoms with van der Waals surface area (Å²) in [7, 11) is 1.85. The van der Waals surface area contributed by atoms with Gasteiger partial charge in [0.25, 0.3) is 5.91 Å². The van der Waals surface area contributed by atoms with Crippen LogP contribution in [0.4, 0.5) is 0 Å². The van der Waals surface area contributed by atoms with Crippen LogP contribution in [0.25, 0.3) is 0 Å². The molecule has 2 rings (SSSR count). The molecule has 112 valence electrons. The Morgan fingerprint density at radius 2 is 2.40 bits per heavy atom. The van der Waals surface area contributed by atoms with Gasteiger partial charge < -0.3 is 10.1 Å². The van der Waals surface area contributed by atoms with E-state index in [-0.39, 0.29) is 16.6 Å². The number of thioether (sulfide) groups is 1. The second-order valence-corrected chi connectivity index (χ2v) is 7.32. The third kappa shape index (κ3) is 3.55. The van der Waals surface area contributed by atoms with E-state index >= 15 is 0 Å². The van der Waals surface area contributed by atoms with Crippen LogP contribution < -0.4 is 5.32 Å². The molecule has 5 nitrogen and oxygen atoms in total. The van der Waals surface area contributed by atoms with Crippen LogP contribution >= 0.6 is 11.8 Å². The van der Waals surface area contributed by atoms with Crippen LogP contribution in [0.2, 0.25) is 0 Å². The van der Waals surface area contributed by atoms with Crippen molar-refractivity contribution in [2.24, 2.45) is 7.05 Å². The number of hydrogen-bond acceptors (Lipinski definition) is 4. The number of aromatic nitrogens is 2. The van der Waals surface area contributed by atoms with Crippen molar-refractivity contribution in [2.45, 2.75) is 30.9 Å². The molecule has 0 saturated carbocycles. The zero-order valence-corrected chi connectivity index (χ0v) is 13.4. The van der Waals surface area contributed by atoms with Crippen molar-refractivity contribution >= 4 is 17.7 Å². The van der Waals surface area contributed by atoms with E-state index in [1.165, 1.54) is 0 Å². The lowest BCUT2D eigenvalue weighted by Gasteiger charge is -2.22. The summed E-state index contributed by atoms with van der Waals surface area (Å²) in [5.74, 6) is 0.202. The average molecular weight is 297 g/mol. The lowest BCUT2D eigenvalue weighted by Crippen LogP contribution is -2.36. The van der Waals surface area contributed by atoms with Crippen LogP contribution in [-0.2, 0) is 11.8 Å². The zero-order valence-electron chi connectivity index (χ0n) is 12.6. The molecular weight excluding hydrogens is 274 g/mol. The topological polar surface area (TPSA) is 56.2 Å². The van der Waals surface area contributed by atoms with Gasteiger partial charge in [-0.3, -0.25) is 9.48 Å². The minimum absolute atomic E-state index is 0.0362. The van der Waals surface area contributed by atoms with E-state index in [2.05, 4.69) is 30.5 Å². The van der Waals surface area contributed by atoms with Gasteiger partial charge in [0.1, 0.15) is 0 Å². The molecule has 1 aromatic heterocycles. The van der Waals surface area contributed by atoms with Gasteiger partial charge in [-0.1, -0.05) is 0 Å². The van der Waals surface area contributed by atoms with E-state index in [9.17, 15) is 4.79 Å². The van der Waals surface area contributed by atoms with Crippen molar-refractivity contribution in [1.82, 2.24) is 15.1 Å². The molecule has 1 aromatic rings. The maximum Gasteiger partial charge on any atom is 0.254 e. The Morgan fingerprint density at radius 3 is 3.00 bits per heavy atom. The molecule has 0 radical (unpaired) electrons. The van der Waals surface area contributed by atoms with Gasteiger partial charge in [-0.25, -0.2) is 0 Å². The van der Waals surface area contributed by atoms with Gasteiger partial charge >= 0.3 is 0 Å². The van der Waals surface area contributed by atoms with Crippen LogP contribution in [-0.4, -0.2) is 46.4 Å². The molecule has 20 heavy (non-hydrogen) atoms. The van der Waals surface area contributed by atoms with Crippen molar-refractivity contribution in [3.05, 3.63) is 17.5 Å². The summed E-state index contributed by atoms with van der Waals surface area (Å²) >= 11 is 1.74. The van der Waals surface area contributed by atoms with E-state index < -0.39 is 0 Å². The smallest absolute Gasteiger partial charge is 0.254 e. The molecule has 1 amide bonds. The van der Waals surface area contributed by atoms with Gasteiger partial charge in [0.05, 0.1) is 17.9 Å². The molecule has 1 unspecified atom stereocenters. The zero-order chi connectivity index (χ0) is 14.8. The SMILES string of the molecule is CSC(C)(C)CNC(=O)c1cn(C)nc1C1CCOC1. The molecule has 1 atom stereocenters. The molecule has 1 N–H and O–H groups in total. The van der Waals surface area contributed by atoms with E-state index in [0.717, 1.165) is 18.7 Å². The first-order valence-corrected chi connectivity index (χ1v) is 8.10. The number of carbonyl (C=O) groups is 1. The number of aryl methyl sites for hydroxylation is 1. The van der Waals surface area contributed by atoms with Gasteiger partial charge in [0.15, 0.2) is 0 Å². The molecule has 1 aliphatic heterocycles. The Bertz CT molecular complexity index is 479. The second kappa shape index (κ2) is 6.18. The Morgan fingerprint density at radius 1 is 1.65 bits per heavy atom. The molecule has 1 fully saturated rings. The Labute approximate surface area is 124 Å². The Hall–Kier alpha value is -1.01. The largest absolute Gasteiger partial charge is 0.381 e. The average Bonchev–Trinajstić information content (AvgIpc) is 3.04. The van der Waals surface area contributed by atoms with E-state index in [1.807, 2.05) is 7.05 Å². The molecule has 0 aromatic carbocycles. The number of carbonyl (C=O) groups excluding carboxylic acids is 1. The highest BCUT2D eigenvalue weighted by Gasteiger charge is 2.27. The van der Waals surface area contributed by atoms with Crippen LogP contribution in [0.5, 0.6) is 0 Å². The van der Waals surface area contributed by atoms with Gasteiger partial charge in [-0.05, 0) is 26.5 Å². The van der Waals surface area contributed by atoms with E-state index in [4.69, 9.17) is 4.74 Å². The summed E-state index contributed by atoms with van der Waals surface area (Å²) in [5.41, 5.74) is 1.55. The molecule has 2 heterocycles. The molecule has 6 heteroatoms. The first-order chi connectivity index (χ1) is 9.43. The van der Waals surface area contributed by atoms with Crippen LogP contribution in [0.1, 0.15) is 42.2 Å². The highest BCUT2D eigenvalue weighted by Crippen LogP contribution is 2.27. The standard InChI is InChI=1S/C14H23N3O2S/c1-14(2,20-4)9-15-13(18)11-7-17(3)16-12(11)10-5-6-19-8-10/h7,10H,5-6,8-9H2,1-4H3,(H,15,18). The van der Waals surface area contributed by atoms with Crippen molar-refractivity contribution in [2.75, 3.05) is 26.0 Å². The van der Waals surface area contributed by atoms with Crippen molar-refractivity contribution in [3.63, 3.8) is 0 Å². The summed E-state index contributed by atoms with van der Waals surface area (Å²) in [5, 5.41) is 7.46. The number of nitrogens with one attached hydrogen (secondary N) is 1. The van der Waals surface area contributed by atoms with Gasteiger partial charge in [-0.2, -0.15) is 16.9 Å². The minimum Gasteiger partial charge on any atom is -0.381 e. The molecular formula is C14H23N3O2S. The number of rotatable bonds is 5. The van der Waals surface area contributed by atoms with Crippen molar-refractivity contribution in [3.8, 4) is 0 Å². The highest BCUT2D eigenvalue weighted by atomic mass is 32.2. The normalized spacial score (nSPS) is 19.3. The maximum atomic E-state index is 12.4. The van der Waals surface area contributed by atoms with Gasteiger partial charge in [0.2, 0.25) is 0 Å². The summed E-state index contributed by atoms with van der Waals surface area (Å²) < 4.78 is 7.15. The number of amides is 1. The third-order valence-electron chi connectivity index (χ3n) is 3.65. The monoisotopic (exact) mass is 297 g/mol. The minimum atomic E-state index is -0.0397. The first-order valence-electron chi connectivity index (χ1n) is 6.87. The van der Waals surface area contributed by atoms with E-state index in [0.29, 0.717) is 18.7 Å². The summed E-state index contributed by atoms with van der Waals surface area (Å²) in [6.45, 7) is 6.29. The molecule has 0 spiro atoms. The molecule has 1 saturated heterocycles. The molecule has 1 aliphatic rings. The van der Waals surface area contributed by atoms with Gasteiger partial charge in [-0.15, -0.1) is 0 Å².